The largest absolute Gasteiger partial charge is 0.393 e. The fourth-order valence-corrected chi connectivity index (χ4v) is 2.16. The molecule has 0 aliphatic heterocycles. The summed E-state index contributed by atoms with van der Waals surface area (Å²) in [6, 6.07) is 0. The van der Waals surface area contributed by atoms with Gasteiger partial charge in [0.1, 0.15) is 0 Å². The van der Waals surface area contributed by atoms with Gasteiger partial charge < -0.3 is 10.6 Å². The topological polar surface area (TPSA) is 29.3 Å². The third-order valence-electron chi connectivity index (χ3n) is 2.96. The normalized spacial score (nSPS) is 19.0. The Morgan fingerprint density at radius 2 is 1.92 bits per heavy atom. The molecule has 0 aromatic heterocycles. The smallest absolute Gasteiger partial charge is 0.0733 e. The van der Waals surface area contributed by atoms with Crippen molar-refractivity contribution in [2.45, 2.75) is 33.1 Å². The van der Waals surface area contributed by atoms with Crippen molar-refractivity contribution in [3.05, 3.63) is 0 Å². The van der Waals surface area contributed by atoms with E-state index in [1.807, 2.05) is 0 Å². The van der Waals surface area contributed by atoms with Gasteiger partial charge in [-0.15, -0.1) is 0 Å². The van der Waals surface area contributed by atoms with Crippen LogP contribution in [0.1, 0.15) is 33.1 Å². The fraction of sp³-hybridized carbons (Fsp3) is 0.900. The predicted molar refractivity (Wildman–Crippen MR) is 60.9 cm³/mol. The maximum Gasteiger partial charge on any atom is 0.0733 e. The molecule has 2 nitrogen and oxygen atoms in total. The Bertz CT molecular complexity index is 183. The molecule has 0 atom stereocenters. The lowest BCUT2D eigenvalue weighted by Gasteiger charge is -2.24. The molecule has 1 fully saturated rings. The van der Waals surface area contributed by atoms with Gasteiger partial charge in [-0.2, -0.15) is 0 Å². The van der Waals surface area contributed by atoms with Crippen LogP contribution in [-0.4, -0.2) is 29.5 Å². The van der Waals surface area contributed by atoms with Crippen molar-refractivity contribution in [2.75, 3.05) is 19.6 Å². The predicted octanol–water partition coefficient (Wildman–Crippen LogP) is 1.78. The molecule has 0 saturated heterocycles. The van der Waals surface area contributed by atoms with E-state index < -0.39 is 0 Å². The van der Waals surface area contributed by atoms with E-state index in [2.05, 4.69) is 18.7 Å². The van der Waals surface area contributed by atoms with Gasteiger partial charge >= 0.3 is 0 Å². The molecule has 1 saturated carbocycles. The summed E-state index contributed by atoms with van der Waals surface area (Å²) in [4.78, 5) is 3.15. The summed E-state index contributed by atoms with van der Waals surface area (Å²) in [5.41, 5.74) is 6.05. The summed E-state index contributed by atoms with van der Waals surface area (Å²) < 4.78 is 0. The van der Waals surface area contributed by atoms with E-state index in [1.165, 1.54) is 19.4 Å². The molecule has 0 aromatic rings. The zero-order valence-corrected chi connectivity index (χ0v) is 9.49. The van der Waals surface area contributed by atoms with Crippen molar-refractivity contribution in [3.63, 3.8) is 0 Å². The maximum absolute atomic E-state index is 5.59. The Hall–Kier alpha value is -0.150. The average molecular weight is 200 g/mol. The first-order valence-corrected chi connectivity index (χ1v) is 5.53. The van der Waals surface area contributed by atoms with Crippen LogP contribution < -0.4 is 5.73 Å². The van der Waals surface area contributed by atoms with Crippen molar-refractivity contribution >= 4 is 17.2 Å². The Morgan fingerprint density at radius 1 is 1.38 bits per heavy atom. The standard InChI is InChI=1S/C10H20N2S/c1-3-12(4-2)8-10(5-6-10)7-9(11)13/h3-8H2,1-2H3,(H2,11,13). The van der Waals surface area contributed by atoms with Crippen molar-refractivity contribution < 1.29 is 0 Å². The van der Waals surface area contributed by atoms with E-state index in [-0.39, 0.29) is 0 Å². The molecule has 0 spiro atoms. The second-order valence-corrected chi connectivity index (χ2v) is 4.63. The number of rotatable bonds is 6. The zero-order chi connectivity index (χ0) is 9.90. The molecule has 0 amide bonds. The van der Waals surface area contributed by atoms with Crippen LogP contribution in [0.2, 0.25) is 0 Å². The molecule has 13 heavy (non-hydrogen) atoms. The molecular weight excluding hydrogens is 180 g/mol. The highest BCUT2D eigenvalue weighted by Gasteiger charge is 2.43. The molecule has 0 unspecified atom stereocenters. The first-order valence-electron chi connectivity index (χ1n) is 5.12. The van der Waals surface area contributed by atoms with Crippen LogP contribution in [0.15, 0.2) is 0 Å². The summed E-state index contributed by atoms with van der Waals surface area (Å²) >= 11 is 4.97. The minimum Gasteiger partial charge on any atom is -0.393 e. The van der Waals surface area contributed by atoms with Crippen molar-refractivity contribution in [2.24, 2.45) is 11.1 Å². The van der Waals surface area contributed by atoms with Crippen LogP contribution in [0, 0.1) is 5.41 Å². The third kappa shape index (κ3) is 3.24. The number of hydrogen-bond acceptors (Lipinski definition) is 2. The van der Waals surface area contributed by atoms with Crippen molar-refractivity contribution in [1.82, 2.24) is 4.90 Å². The van der Waals surface area contributed by atoms with Crippen LogP contribution in [0.25, 0.3) is 0 Å². The summed E-state index contributed by atoms with van der Waals surface area (Å²) in [5.74, 6) is 0. The molecule has 76 valence electrons. The first kappa shape index (κ1) is 10.9. The minimum atomic E-state index is 0.456. The Kier molecular flexibility index (Phi) is 3.68. The van der Waals surface area contributed by atoms with Crippen LogP contribution in [0.5, 0.6) is 0 Å². The molecule has 1 aliphatic rings. The molecule has 0 bridgehead atoms. The molecule has 0 radical (unpaired) electrons. The second kappa shape index (κ2) is 4.38. The summed E-state index contributed by atoms with van der Waals surface area (Å²) in [5, 5.41) is 0. The lowest BCUT2D eigenvalue weighted by molar-refractivity contribution is 0.243. The Balaban J connectivity index is 2.37. The van der Waals surface area contributed by atoms with Gasteiger partial charge in [-0.05, 0) is 31.3 Å². The van der Waals surface area contributed by atoms with E-state index >= 15 is 0 Å². The van der Waals surface area contributed by atoms with Crippen LogP contribution in [0.3, 0.4) is 0 Å². The van der Waals surface area contributed by atoms with E-state index in [0.29, 0.717) is 10.4 Å². The van der Waals surface area contributed by atoms with Crippen LogP contribution in [-0.2, 0) is 0 Å². The molecule has 0 heterocycles. The maximum atomic E-state index is 5.59. The molecule has 1 rings (SSSR count). The zero-order valence-electron chi connectivity index (χ0n) is 8.68. The molecule has 3 heteroatoms. The minimum absolute atomic E-state index is 0.456. The Morgan fingerprint density at radius 3 is 2.23 bits per heavy atom. The van der Waals surface area contributed by atoms with E-state index in [4.69, 9.17) is 18.0 Å². The van der Waals surface area contributed by atoms with Gasteiger partial charge in [-0.1, -0.05) is 26.1 Å². The number of hydrogen-bond donors (Lipinski definition) is 1. The number of nitrogens with two attached hydrogens (primary N) is 1. The molecular formula is C10H20N2S. The third-order valence-corrected chi connectivity index (χ3v) is 3.10. The average Bonchev–Trinajstić information content (AvgIpc) is 2.80. The van der Waals surface area contributed by atoms with Gasteiger partial charge in [0.15, 0.2) is 0 Å². The van der Waals surface area contributed by atoms with E-state index in [1.54, 1.807) is 0 Å². The van der Waals surface area contributed by atoms with Crippen LogP contribution in [0.4, 0.5) is 0 Å². The highest BCUT2D eigenvalue weighted by molar-refractivity contribution is 7.80. The summed E-state index contributed by atoms with van der Waals surface area (Å²) in [7, 11) is 0. The SMILES string of the molecule is CCN(CC)CC1(CC(N)=S)CC1. The molecule has 0 aromatic carbocycles. The first-order chi connectivity index (χ1) is 6.12. The van der Waals surface area contributed by atoms with Gasteiger partial charge in [0, 0.05) is 13.0 Å². The van der Waals surface area contributed by atoms with E-state index in [0.717, 1.165) is 19.5 Å². The quantitative estimate of drug-likeness (QED) is 0.663. The van der Waals surface area contributed by atoms with Gasteiger partial charge in [0.2, 0.25) is 0 Å². The Labute approximate surface area is 86.5 Å². The van der Waals surface area contributed by atoms with E-state index in [9.17, 15) is 0 Å². The van der Waals surface area contributed by atoms with Crippen molar-refractivity contribution in [3.8, 4) is 0 Å². The van der Waals surface area contributed by atoms with Crippen LogP contribution >= 0.6 is 12.2 Å². The summed E-state index contributed by atoms with van der Waals surface area (Å²) in [6.45, 7) is 7.86. The van der Waals surface area contributed by atoms with Gasteiger partial charge in [-0.25, -0.2) is 0 Å². The lowest BCUT2D eigenvalue weighted by Crippen LogP contribution is -2.32. The monoisotopic (exact) mass is 200 g/mol. The fourth-order valence-electron chi connectivity index (χ4n) is 1.86. The number of nitrogens with zero attached hydrogens (tertiary/aromatic N) is 1. The summed E-state index contributed by atoms with van der Waals surface area (Å²) in [6.07, 6.45) is 3.56. The van der Waals surface area contributed by atoms with Gasteiger partial charge in [0.25, 0.3) is 0 Å². The van der Waals surface area contributed by atoms with Gasteiger partial charge in [0.05, 0.1) is 4.99 Å². The highest BCUT2D eigenvalue weighted by atomic mass is 32.1. The molecule has 1 aliphatic carbocycles. The highest BCUT2D eigenvalue weighted by Crippen LogP contribution is 2.49. The second-order valence-electron chi connectivity index (χ2n) is 4.10. The van der Waals surface area contributed by atoms with Crippen molar-refractivity contribution in [1.29, 1.82) is 0 Å². The van der Waals surface area contributed by atoms with Gasteiger partial charge in [-0.3, -0.25) is 0 Å². The lowest BCUT2D eigenvalue weighted by atomic mass is 10.0. The molecule has 2 N–H and O–H groups in total. The number of thiocarbonyl (C=S) groups is 1.